The maximum atomic E-state index is 12.1. The monoisotopic (exact) mass is 370 g/mol. The third-order valence-corrected chi connectivity index (χ3v) is 5.29. The van der Waals surface area contributed by atoms with Gasteiger partial charge in [-0.3, -0.25) is 0 Å². The molecule has 0 radical (unpaired) electrons. The fourth-order valence-corrected chi connectivity index (χ4v) is 3.59. The Hall–Kier alpha value is -1.50. The number of ether oxygens (including phenoxy) is 1. The van der Waals surface area contributed by atoms with E-state index in [9.17, 15) is 13.2 Å². The van der Waals surface area contributed by atoms with Crippen LogP contribution in [-0.2, 0) is 14.6 Å². The highest BCUT2D eigenvalue weighted by Crippen LogP contribution is 2.21. The van der Waals surface area contributed by atoms with E-state index in [2.05, 4.69) is 0 Å². The van der Waals surface area contributed by atoms with Gasteiger partial charge in [-0.25, -0.2) is 13.2 Å². The molecule has 7 heteroatoms. The molecule has 122 valence electrons. The zero-order valence-corrected chi connectivity index (χ0v) is 14.7. The van der Waals surface area contributed by atoms with Gasteiger partial charge in [0.2, 0.25) is 0 Å². The molecule has 0 N–H and O–H groups in total. The number of benzene rings is 2. The van der Waals surface area contributed by atoms with E-state index in [0.29, 0.717) is 10.8 Å². The van der Waals surface area contributed by atoms with Crippen LogP contribution in [0.5, 0.6) is 0 Å². The largest absolute Gasteiger partial charge is 0.461 e. The minimum atomic E-state index is -3.47. The summed E-state index contributed by atoms with van der Waals surface area (Å²) in [5.74, 6) is -0.0725. The van der Waals surface area contributed by atoms with Crippen molar-refractivity contribution in [3.63, 3.8) is 0 Å². The first-order valence-electron chi connectivity index (χ1n) is 6.72. The molecule has 2 aromatic carbocycles. The zero-order chi connectivity index (χ0) is 16.9. The van der Waals surface area contributed by atoms with Crippen LogP contribution in [0, 0.1) is 0 Å². The Morgan fingerprint density at radius 1 is 1.13 bits per heavy atom. The number of thioether (sulfide) groups is 1. The molecular formula is C16H15ClO4S2. The van der Waals surface area contributed by atoms with E-state index < -0.39 is 15.8 Å². The molecule has 0 saturated heterocycles. The molecule has 2 rings (SSSR count). The van der Waals surface area contributed by atoms with Gasteiger partial charge in [0, 0.05) is 21.9 Å². The first kappa shape index (κ1) is 17.8. The summed E-state index contributed by atoms with van der Waals surface area (Å²) in [5, 5.41) is 0.665. The Kier molecular flexibility index (Phi) is 6.10. The minimum Gasteiger partial charge on any atom is -0.461 e. The second kappa shape index (κ2) is 7.86. The van der Waals surface area contributed by atoms with Gasteiger partial charge in [-0.2, -0.15) is 0 Å². The molecule has 0 fully saturated rings. The van der Waals surface area contributed by atoms with Crippen molar-refractivity contribution >= 4 is 39.2 Å². The van der Waals surface area contributed by atoms with Crippen molar-refractivity contribution in [2.24, 2.45) is 0 Å². The van der Waals surface area contributed by atoms with Gasteiger partial charge in [-0.1, -0.05) is 23.7 Å². The number of hydrogen-bond donors (Lipinski definition) is 0. The minimum absolute atomic E-state index is 0.0182. The van der Waals surface area contributed by atoms with Gasteiger partial charge in [0.1, 0.15) is 6.61 Å². The number of halogens is 1. The summed E-state index contributed by atoms with van der Waals surface area (Å²) in [5.41, 5.74) is 0.0616. The van der Waals surface area contributed by atoms with E-state index in [1.165, 1.54) is 23.9 Å². The van der Waals surface area contributed by atoms with Gasteiger partial charge < -0.3 is 4.74 Å². The van der Waals surface area contributed by atoms with E-state index >= 15 is 0 Å². The molecule has 0 atom stereocenters. The van der Waals surface area contributed by atoms with Gasteiger partial charge in [-0.15, -0.1) is 11.8 Å². The third kappa shape index (κ3) is 5.27. The van der Waals surface area contributed by atoms with Crippen LogP contribution in [0.1, 0.15) is 10.4 Å². The molecule has 0 aromatic heterocycles. The molecule has 0 bridgehead atoms. The van der Waals surface area contributed by atoms with Crippen molar-refractivity contribution in [2.45, 2.75) is 9.79 Å². The zero-order valence-electron chi connectivity index (χ0n) is 12.4. The van der Waals surface area contributed by atoms with Crippen molar-refractivity contribution in [2.75, 3.05) is 18.6 Å². The Bertz CT molecular complexity index is 786. The molecule has 0 aliphatic rings. The molecule has 0 unspecified atom stereocenters. The third-order valence-electron chi connectivity index (χ3n) is 2.91. The highest BCUT2D eigenvalue weighted by molar-refractivity contribution is 7.99. The summed E-state index contributed by atoms with van der Waals surface area (Å²) in [6, 6.07) is 13.4. The Morgan fingerprint density at radius 3 is 2.43 bits per heavy atom. The molecule has 0 saturated carbocycles. The van der Waals surface area contributed by atoms with Crippen LogP contribution in [0.15, 0.2) is 58.3 Å². The van der Waals surface area contributed by atoms with E-state index in [0.717, 1.165) is 11.2 Å². The van der Waals surface area contributed by atoms with Crippen LogP contribution in [0.2, 0.25) is 5.02 Å². The number of carbonyl (C=O) groups excluding carboxylic acids is 1. The summed E-state index contributed by atoms with van der Waals surface area (Å²) in [6.45, 7) is 0.185. The standard InChI is InChI=1S/C16H15ClO4S2/c1-23(19,20)15-5-3-2-4-14(15)16(18)21-10-11-22-13-8-6-12(17)7-9-13/h2-9H,10-11H2,1H3. The Balaban J connectivity index is 1.92. The SMILES string of the molecule is CS(=O)(=O)c1ccccc1C(=O)OCCSc1ccc(Cl)cc1. The van der Waals surface area contributed by atoms with E-state index in [-0.39, 0.29) is 17.1 Å². The summed E-state index contributed by atoms with van der Waals surface area (Å²) < 4.78 is 28.5. The number of hydrogen-bond acceptors (Lipinski definition) is 5. The highest BCUT2D eigenvalue weighted by atomic mass is 35.5. The fourth-order valence-electron chi connectivity index (χ4n) is 1.86. The summed E-state index contributed by atoms with van der Waals surface area (Å²) in [4.78, 5) is 13.1. The van der Waals surface area contributed by atoms with Crippen molar-refractivity contribution in [1.29, 1.82) is 0 Å². The van der Waals surface area contributed by atoms with Crippen molar-refractivity contribution in [1.82, 2.24) is 0 Å². The van der Waals surface area contributed by atoms with E-state index in [1.807, 2.05) is 12.1 Å². The lowest BCUT2D eigenvalue weighted by Crippen LogP contribution is -2.12. The van der Waals surface area contributed by atoms with Crippen LogP contribution < -0.4 is 0 Å². The quantitative estimate of drug-likeness (QED) is 0.441. The summed E-state index contributed by atoms with van der Waals surface area (Å²) in [6.07, 6.45) is 1.06. The lowest BCUT2D eigenvalue weighted by molar-refractivity contribution is 0.0526. The van der Waals surface area contributed by atoms with Crippen LogP contribution in [-0.4, -0.2) is 33.0 Å². The van der Waals surface area contributed by atoms with Crippen LogP contribution in [0.3, 0.4) is 0 Å². The predicted octanol–water partition coefficient (Wildman–Crippen LogP) is 3.69. The molecule has 23 heavy (non-hydrogen) atoms. The lowest BCUT2D eigenvalue weighted by atomic mass is 10.2. The normalized spacial score (nSPS) is 11.2. The van der Waals surface area contributed by atoms with Crippen LogP contribution in [0.4, 0.5) is 0 Å². The average Bonchev–Trinajstić information content (AvgIpc) is 2.52. The maximum absolute atomic E-state index is 12.1. The molecule has 2 aromatic rings. The van der Waals surface area contributed by atoms with Gasteiger partial charge >= 0.3 is 5.97 Å². The molecular weight excluding hydrogens is 356 g/mol. The van der Waals surface area contributed by atoms with Gasteiger partial charge in [0.15, 0.2) is 9.84 Å². The summed E-state index contributed by atoms with van der Waals surface area (Å²) in [7, 11) is -3.47. The predicted molar refractivity (Wildman–Crippen MR) is 92.0 cm³/mol. The molecule has 0 spiro atoms. The van der Waals surface area contributed by atoms with Crippen molar-refractivity contribution in [3.8, 4) is 0 Å². The van der Waals surface area contributed by atoms with Crippen molar-refractivity contribution in [3.05, 3.63) is 59.1 Å². The molecule has 0 amide bonds. The van der Waals surface area contributed by atoms with Gasteiger partial charge in [-0.05, 0) is 36.4 Å². The van der Waals surface area contributed by atoms with E-state index in [4.69, 9.17) is 16.3 Å². The average molecular weight is 371 g/mol. The molecule has 0 aliphatic carbocycles. The van der Waals surface area contributed by atoms with Crippen molar-refractivity contribution < 1.29 is 17.9 Å². The number of sulfone groups is 1. The van der Waals surface area contributed by atoms with Crippen LogP contribution >= 0.6 is 23.4 Å². The number of carbonyl (C=O) groups is 1. The highest BCUT2D eigenvalue weighted by Gasteiger charge is 2.19. The van der Waals surface area contributed by atoms with E-state index in [1.54, 1.807) is 24.3 Å². The first-order chi connectivity index (χ1) is 10.9. The number of esters is 1. The summed E-state index contributed by atoms with van der Waals surface area (Å²) >= 11 is 7.33. The maximum Gasteiger partial charge on any atom is 0.339 e. The number of rotatable bonds is 6. The van der Waals surface area contributed by atoms with Gasteiger partial charge in [0.05, 0.1) is 10.5 Å². The second-order valence-corrected chi connectivity index (χ2v) is 8.30. The Labute approximate surface area is 144 Å². The molecule has 0 heterocycles. The molecule has 4 nitrogen and oxygen atoms in total. The topological polar surface area (TPSA) is 60.4 Å². The molecule has 0 aliphatic heterocycles. The smallest absolute Gasteiger partial charge is 0.339 e. The lowest BCUT2D eigenvalue weighted by Gasteiger charge is -2.08. The first-order valence-corrected chi connectivity index (χ1v) is 9.98. The van der Waals surface area contributed by atoms with Crippen LogP contribution in [0.25, 0.3) is 0 Å². The fraction of sp³-hybridized carbons (Fsp3) is 0.188. The second-order valence-electron chi connectivity index (χ2n) is 4.71. The Morgan fingerprint density at radius 2 is 1.78 bits per heavy atom. The van der Waals surface area contributed by atoms with Gasteiger partial charge in [0.25, 0.3) is 0 Å².